The summed E-state index contributed by atoms with van der Waals surface area (Å²) in [6.07, 6.45) is 2.69. The SMILES string of the molecule is CC(=O)C(=Cn1ccc(=O)[nH]c1=S)C(=O)Nc1ccccc1C. The number of aromatic nitrogens is 2. The predicted molar refractivity (Wildman–Crippen MR) is 90.6 cm³/mol. The van der Waals surface area contributed by atoms with Crippen LogP contribution < -0.4 is 10.9 Å². The molecule has 118 valence electrons. The molecule has 2 N–H and O–H groups in total. The van der Waals surface area contributed by atoms with Crippen LogP contribution in [0.2, 0.25) is 0 Å². The number of carbonyl (C=O) groups is 2. The lowest BCUT2D eigenvalue weighted by Crippen LogP contribution is -2.20. The van der Waals surface area contributed by atoms with Gasteiger partial charge in [0, 0.05) is 24.2 Å². The normalized spacial score (nSPS) is 11.1. The van der Waals surface area contributed by atoms with E-state index in [-0.39, 0.29) is 15.9 Å². The topological polar surface area (TPSA) is 84.0 Å². The molecule has 2 aromatic rings. The smallest absolute Gasteiger partial charge is 0.260 e. The molecule has 7 heteroatoms. The fourth-order valence-electron chi connectivity index (χ4n) is 1.88. The zero-order valence-electron chi connectivity index (χ0n) is 12.6. The summed E-state index contributed by atoms with van der Waals surface area (Å²) in [4.78, 5) is 37.8. The Kier molecular flexibility index (Phi) is 5.02. The third kappa shape index (κ3) is 4.10. The maximum atomic E-state index is 12.4. The maximum Gasteiger partial charge on any atom is 0.260 e. The Morgan fingerprint density at radius 1 is 1.26 bits per heavy atom. The number of para-hydroxylation sites is 1. The molecular formula is C16H15N3O3S. The second kappa shape index (κ2) is 6.97. The van der Waals surface area contributed by atoms with Gasteiger partial charge in [0.2, 0.25) is 0 Å². The first-order chi connectivity index (χ1) is 10.9. The minimum absolute atomic E-state index is 0.0728. The Bertz CT molecular complexity index is 909. The number of hydrogen-bond donors (Lipinski definition) is 2. The van der Waals surface area contributed by atoms with E-state index in [2.05, 4.69) is 10.3 Å². The average molecular weight is 329 g/mol. The standard InChI is InChI=1S/C16H15N3O3S/c1-10-5-3-4-6-13(10)17-15(22)12(11(2)20)9-19-8-7-14(21)18-16(19)23/h3-9H,1-2H3,(H,17,22)(H,18,21,23). The fraction of sp³-hybridized carbons (Fsp3) is 0.125. The van der Waals surface area contributed by atoms with Gasteiger partial charge in [0.25, 0.3) is 11.5 Å². The summed E-state index contributed by atoms with van der Waals surface area (Å²) in [7, 11) is 0. The van der Waals surface area contributed by atoms with E-state index in [1.807, 2.05) is 19.1 Å². The highest BCUT2D eigenvalue weighted by Gasteiger charge is 2.15. The van der Waals surface area contributed by atoms with Gasteiger partial charge in [0.15, 0.2) is 10.6 Å². The number of nitrogens with zero attached hydrogens (tertiary/aromatic N) is 1. The monoisotopic (exact) mass is 329 g/mol. The largest absolute Gasteiger partial charge is 0.322 e. The van der Waals surface area contributed by atoms with Crippen LogP contribution in [0.3, 0.4) is 0 Å². The summed E-state index contributed by atoms with van der Waals surface area (Å²) in [5.74, 6) is -0.955. The third-order valence-electron chi connectivity index (χ3n) is 3.14. The number of carbonyl (C=O) groups excluding carboxylic acids is 2. The third-order valence-corrected chi connectivity index (χ3v) is 3.45. The highest BCUT2D eigenvalue weighted by Crippen LogP contribution is 2.15. The van der Waals surface area contributed by atoms with Crippen LogP contribution in [0.1, 0.15) is 12.5 Å². The minimum atomic E-state index is -0.542. The van der Waals surface area contributed by atoms with Gasteiger partial charge in [0.05, 0.1) is 5.57 Å². The van der Waals surface area contributed by atoms with Crippen molar-refractivity contribution in [3.8, 4) is 0 Å². The second-order valence-corrected chi connectivity index (χ2v) is 5.27. The van der Waals surface area contributed by atoms with Gasteiger partial charge >= 0.3 is 0 Å². The van der Waals surface area contributed by atoms with Crippen molar-refractivity contribution in [3.63, 3.8) is 0 Å². The van der Waals surface area contributed by atoms with E-state index in [4.69, 9.17) is 12.2 Å². The Labute approximate surface area is 137 Å². The van der Waals surface area contributed by atoms with Gasteiger partial charge in [-0.2, -0.15) is 0 Å². The molecule has 2 rings (SSSR count). The number of benzene rings is 1. The molecule has 0 saturated carbocycles. The molecule has 0 fully saturated rings. The van der Waals surface area contributed by atoms with E-state index in [0.717, 1.165) is 5.56 Å². The summed E-state index contributed by atoms with van der Waals surface area (Å²) in [6.45, 7) is 3.14. The fourth-order valence-corrected chi connectivity index (χ4v) is 2.09. The first kappa shape index (κ1) is 16.6. The molecule has 1 aromatic heterocycles. The molecule has 0 aliphatic carbocycles. The Morgan fingerprint density at radius 3 is 2.57 bits per heavy atom. The molecule has 0 aliphatic rings. The van der Waals surface area contributed by atoms with Gasteiger partial charge < -0.3 is 5.32 Å². The first-order valence-corrected chi connectivity index (χ1v) is 7.20. The lowest BCUT2D eigenvalue weighted by atomic mass is 10.1. The number of anilines is 1. The van der Waals surface area contributed by atoms with E-state index >= 15 is 0 Å². The summed E-state index contributed by atoms with van der Waals surface area (Å²) in [6, 6.07) is 8.49. The van der Waals surface area contributed by atoms with Crippen molar-refractivity contribution in [1.82, 2.24) is 9.55 Å². The van der Waals surface area contributed by atoms with Crippen LogP contribution in [0.25, 0.3) is 6.20 Å². The van der Waals surface area contributed by atoms with Crippen molar-refractivity contribution in [2.75, 3.05) is 5.32 Å². The number of H-pyrrole nitrogens is 1. The van der Waals surface area contributed by atoms with E-state index in [1.54, 1.807) is 12.1 Å². The van der Waals surface area contributed by atoms with Crippen molar-refractivity contribution in [2.45, 2.75) is 13.8 Å². The summed E-state index contributed by atoms with van der Waals surface area (Å²) >= 11 is 5.00. The lowest BCUT2D eigenvalue weighted by molar-refractivity contribution is -0.118. The van der Waals surface area contributed by atoms with Crippen molar-refractivity contribution in [1.29, 1.82) is 0 Å². The summed E-state index contributed by atoms with van der Waals surface area (Å²) in [5, 5.41) is 2.70. The zero-order chi connectivity index (χ0) is 17.0. The number of rotatable bonds is 4. The number of aromatic amines is 1. The number of hydrogen-bond acceptors (Lipinski definition) is 4. The van der Waals surface area contributed by atoms with Crippen LogP contribution in [-0.4, -0.2) is 21.2 Å². The van der Waals surface area contributed by atoms with Crippen LogP contribution in [0.15, 0.2) is 46.9 Å². The Morgan fingerprint density at radius 2 is 1.96 bits per heavy atom. The molecular weight excluding hydrogens is 314 g/mol. The second-order valence-electron chi connectivity index (χ2n) is 4.89. The van der Waals surface area contributed by atoms with Gasteiger partial charge in [-0.3, -0.25) is 23.9 Å². The molecule has 0 radical (unpaired) electrons. The predicted octanol–water partition coefficient (Wildman–Crippen LogP) is 2.28. The Hall–Kier alpha value is -2.80. The summed E-state index contributed by atoms with van der Waals surface area (Å²) in [5.41, 5.74) is 1.07. The molecule has 0 saturated heterocycles. The lowest BCUT2D eigenvalue weighted by Gasteiger charge is -2.09. The number of amides is 1. The van der Waals surface area contributed by atoms with E-state index in [9.17, 15) is 14.4 Å². The molecule has 0 spiro atoms. The van der Waals surface area contributed by atoms with E-state index < -0.39 is 11.7 Å². The van der Waals surface area contributed by atoms with Gasteiger partial charge in [-0.25, -0.2) is 0 Å². The van der Waals surface area contributed by atoms with Crippen LogP contribution in [0.5, 0.6) is 0 Å². The Balaban J connectivity index is 2.38. The molecule has 1 heterocycles. The molecule has 0 atom stereocenters. The van der Waals surface area contributed by atoms with Crippen LogP contribution >= 0.6 is 12.2 Å². The highest BCUT2D eigenvalue weighted by atomic mass is 32.1. The molecule has 0 aliphatic heterocycles. The van der Waals surface area contributed by atoms with Crippen molar-refractivity contribution in [3.05, 3.63) is 62.8 Å². The van der Waals surface area contributed by atoms with Gasteiger partial charge in [-0.15, -0.1) is 0 Å². The number of nitrogens with one attached hydrogen (secondary N) is 2. The van der Waals surface area contributed by atoms with Crippen LogP contribution in [0, 0.1) is 11.7 Å². The van der Waals surface area contributed by atoms with Crippen molar-refractivity contribution >= 4 is 35.8 Å². The molecule has 1 aromatic carbocycles. The van der Waals surface area contributed by atoms with Crippen molar-refractivity contribution < 1.29 is 9.59 Å². The minimum Gasteiger partial charge on any atom is -0.322 e. The molecule has 6 nitrogen and oxygen atoms in total. The maximum absolute atomic E-state index is 12.4. The first-order valence-electron chi connectivity index (χ1n) is 6.79. The number of aryl methyl sites for hydroxylation is 1. The highest BCUT2D eigenvalue weighted by molar-refractivity contribution is 7.71. The summed E-state index contributed by atoms with van der Waals surface area (Å²) < 4.78 is 1.44. The zero-order valence-corrected chi connectivity index (χ0v) is 13.4. The van der Waals surface area contributed by atoms with Gasteiger partial charge in [-0.1, -0.05) is 18.2 Å². The average Bonchev–Trinajstić information content (AvgIpc) is 2.48. The van der Waals surface area contributed by atoms with E-state index in [1.165, 1.54) is 30.0 Å². The number of Topliss-reactive ketones (excluding diaryl/α,β-unsaturated/α-hetero) is 1. The molecule has 23 heavy (non-hydrogen) atoms. The quantitative estimate of drug-likeness (QED) is 0.390. The van der Waals surface area contributed by atoms with E-state index in [0.29, 0.717) is 5.69 Å². The van der Waals surface area contributed by atoms with Gasteiger partial charge in [0.1, 0.15) is 0 Å². The van der Waals surface area contributed by atoms with Crippen LogP contribution in [0.4, 0.5) is 5.69 Å². The van der Waals surface area contributed by atoms with Gasteiger partial charge in [-0.05, 0) is 37.7 Å². The molecule has 0 bridgehead atoms. The number of ketones is 1. The van der Waals surface area contributed by atoms with Crippen molar-refractivity contribution in [2.24, 2.45) is 0 Å². The van der Waals surface area contributed by atoms with Crippen LogP contribution in [-0.2, 0) is 9.59 Å². The molecule has 0 unspecified atom stereocenters. The molecule has 1 amide bonds.